The molecule has 1 aliphatic heterocycles. The summed E-state index contributed by atoms with van der Waals surface area (Å²) in [6.07, 6.45) is 5.05. The van der Waals surface area contributed by atoms with Crippen LogP contribution in [0.1, 0.15) is 34.6 Å². The number of H-pyrrole nitrogens is 1. The quantitative estimate of drug-likeness (QED) is 0.576. The third kappa shape index (κ3) is 5.05. The molecule has 162 valence electrons. The van der Waals surface area contributed by atoms with Gasteiger partial charge in [0.1, 0.15) is 17.5 Å². The van der Waals surface area contributed by atoms with Crippen molar-refractivity contribution in [3.63, 3.8) is 0 Å². The molecule has 0 atom stereocenters. The van der Waals surface area contributed by atoms with Gasteiger partial charge in [-0.15, -0.1) is 10.2 Å². The Balaban J connectivity index is 1.31. The fourth-order valence-electron chi connectivity index (χ4n) is 3.41. The highest BCUT2D eigenvalue weighted by atomic mass is 16.5. The largest absolute Gasteiger partial charge is 0.489 e. The summed E-state index contributed by atoms with van der Waals surface area (Å²) in [5.41, 5.74) is 1.82. The van der Waals surface area contributed by atoms with E-state index in [1.807, 2.05) is 13.0 Å². The standard InChI is InChI=1S/C20H24N8O3/c1-13-9-17(20(29)22-10-14-11-23-27-24-14)25-26-19(13)28-7-5-15(6-8-28)31-16-3-4-18(30-2)21-12-16/h3-4,9,11-12,15H,5-8,10H2,1-2H3,(H,22,29)(H,23,24,27). The van der Waals surface area contributed by atoms with Gasteiger partial charge in [-0.05, 0) is 24.6 Å². The maximum absolute atomic E-state index is 12.3. The number of aryl methyl sites for hydroxylation is 1. The van der Waals surface area contributed by atoms with Gasteiger partial charge in [0, 0.05) is 32.0 Å². The number of carbonyl (C=O) groups excluding carboxylic acids is 1. The minimum absolute atomic E-state index is 0.112. The highest BCUT2D eigenvalue weighted by molar-refractivity contribution is 5.92. The number of rotatable bonds is 7. The Bertz CT molecular complexity index is 1000. The average Bonchev–Trinajstić information content (AvgIpc) is 3.32. The molecule has 0 unspecified atom stereocenters. The van der Waals surface area contributed by atoms with E-state index < -0.39 is 0 Å². The molecule has 4 heterocycles. The van der Waals surface area contributed by atoms with Crippen LogP contribution in [0.5, 0.6) is 11.6 Å². The number of methoxy groups -OCH3 is 1. The van der Waals surface area contributed by atoms with E-state index in [1.165, 1.54) is 0 Å². The molecule has 3 aromatic heterocycles. The van der Waals surface area contributed by atoms with Gasteiger partial charge >= 0.3 is 0 Å². The molecule has 0 aromatic carbocycles. The van der Waals surface area contributed by atoms with Gasteiger partial charge in [0.15, 0.2) is 11.5 Å². The van der Waals surface area contributed by atoms with Crippen LogP contribution in [0.4, 0.5) is 5.82 Å². The number of piperidine rings is 1. The molecule has 0 spiro atoms. The van der Waals surface area contributed by atoms with E-state index in [-0.39, 0.29) is 24.2 Å². The topological polar surface area (TPSA) is 131 Å². The first-order valence-electron chi connectivity index (χ1n) is 10.0. The first-order valence-corrected chi connectivity index (χ1v) is 10.0. The van der Waals surface area contributed by atoms with Crippen molar-refractivity contribution in [3.05, 3.63) is 47.5 Å². The maximum atomic E-state index is 12.3. The second-order valence-electron chi connectivity index (χ2n) is 7.22. The fraction of sp³-hybridized carbons (Fsp3) is 0.400. The van der Waals surface area contributed by atoms with E-state index in [0.29, 0.717) is 11.6 Å². The number of anilines is 1. The summed E-state index contributed by atoms with van der Waals surface area (Å²) >= 11 is 0. The SMILES string of the molecule is COc1ccc(OC2CCN(c3nnc(C(=O)NCc4cn[nH]n4)cc3C)CC2)cn1. The van der Waals surface area contributed by atoms with Gasteiger partial charge in [-0.25, -0.2) is 4.98 Å². The van der Waals surface area contributed by atoms with Crippen LogP contribution in [-0.2, 0) is 6.54 Å². The van der Waals surface area contributed by atoms with Crippen LogP contribution in [-0.4, -0.2) is 62.8 Å². The van der Waals surface area contributed by atoms with Gasteiger partial charge < -0.3 is 19.7 Å². The van der Waals surface area contributed by atoms with Crippen LogP contribution in [0.15, 0.2) is 30.6 Å². The maximum Gasteiger partial charge on any atom is 0.272 e. The number of pyridine rings is 1. The zero-order valence-electron chi connectivity index (χ0n) is 17.4. The smallest absolute Gasteiger partial charge is 0.272 e. The predicted molar refractivity (Wildman–Crippen MR) is 111 cm³/mol. The van der Waals surface area contributed by atoms with Crippen LogP contribution < -0.4 is 19.7 Å². The van der Waals surface area contributed by atoms with Crippen LogP contribution >= 0.6 is 0 Å². The summed E-state index contributed by atoms with van der Waals surface area (Å²) in [5, 5.41) is 21.3. The molecule has 3 aromatic rings. The van der Waals surface area contributed by atoms with E-state index in [0.717, 1.165) is 43.1 Å². The van der Waals surface area contributed by atoms with Crippen LogP contribution in [0.25, 0.3) is 0 Å². The Kier molecular flexibility index (Phi) is 6.20. The molecule has 11 heteroatoms. The number of nitrogens with zero attached hydrogens (tertiary/aromatic N) is 6. The summed E-state index contributed by atoms with van der Waals surface area (Å²) in [4.78, 5) is 18.7. The first-order chi connectivity index (χ1) is 15.1. The van der Waals surface area contributed by atoms with Gasteiger partial charge in [0.05, 0.1) is 26.0 Å². The molecule has 4 rings (SSSR count). The predicted octanol–water partition coefficient (Wildman–Crippen LogP) is 1.28. The molecular formula is C20H24N8O3. The Labute approximate surface area is 179 Å². The number of nitrogens with one attached hydrogen (secondary N) is 2. The third-order valence-electron chi connectivity index (χ3n) is 5.05. The molecule has 2 N–H and O–H groups in total. The van der Waals surface area contributed by atoms with Crippen molar-refractivity contribution < 1.29 is 14.3 Å². The van der Waals surface area contributed by atoms with Gasteiger partial charge in [-0.1, -0.05) is 0 Å². The second kappa shape index (κ2) is 9.37. The van der Waals surface area contributed by atoms with E-state index in [1.54, 1.807) is 31.6 Å². The normalized spacial score (nSPS) is 14.3. The summed E-state index contributed by atoms with van der Waals surface area (Å²) in [6, 6.07) is 5.40. The summed E-state index contributed by atoms with van der Waals surface area (Å²) in [5.74, 6) is 1.78. The summed E-state index contributed by atoms with van der Waals surface area (Å²) in [7, 11) is 1.58. The van der Waals surface area contributed by atoms with Crippen molar-refractivity contribution in [3.8, 4) is 11.6 Å². The van der Waals surface area contributed by atoms with Crippen molar-refractivity contribution in [1.29, 1.82) is 0 Å². The number of hydrogen-bond donors (Lipinski definition) is 2. The summed E-state index contributed by atoms with van der Waals surface area (Å²) in [6.45, 7) is 3.79. The number of carbonyl (C=O) groups is 1. The molecule has 0 bridgehead atoms. The molecule has 1 amide bonds. The minimum atomic E-state index is -0.301. The fourth-order valence-corrected chi connectivity index (χ4v) is 3.41. The number of aromatic amines is 1. The molecule has 11 nitrogen and oxygen atoms in total. The molecular weight excluding hydrogens is 400 g/mol. The monoisotopic (exact) mass is 424 g/mol. The molecule has 0 radical (unpaired) electrons. The van der Waals surface area contributed by atoms with Crippen molar-refractivity contribution >= 4 is 11.7 Å². The Morgan fingerprint density at radius 1 is 1.26 bits per heavy atom. The molecule has 0 aliphatic carbocycles. The molecule has 1 fully saturated rings. The summed E-state index contributed by atoms with van der Waals surface area (Å²) < 4.78 is 11.1. The number of aromatic nitrogens is 6. The Morgan fingerprint density at radius 2 is 2.10 bits per heavy atom. The highest BCUT2D eigenvalue weighted by Crippen LogP contribution is 2.24. The van der Waals surface area contributed by atoms with E-state index in [2.05, 4.69) is 40.8 Å². The van der Waals surface area contributed by atoms with Crippen LogP contribution in [0.3, 0.4) is 0 Å². The zero-order chi connectivity index (χ0) is 21.6. The molecule has 1 aliphatic rings. The third-order valence-corrected chi connectivity index (χ3v) is 5.05. The second-order valence-corrected chi connectivity index (χ2v) is 7.22. The Morgan fingerprint density at radius 3 is 2.74 bits per heavy atom. The highest BCUT2D eigenvalue weighted by Gasteiger charge is 2.23. The van der Waals surface area contributed by atoms with Gasteiger partial charge in [-0.2, -0.15) is 15.4 Å². The van der Waals surface area contributed by atoms with Gasteiger partial charge in [0.2, 0.25) is 5.88 Å². The van der Waals surface area contributed by atoms with Crippen molar-refractivity contribution in [2.75, 3.05) is 25.1 Å². The number of amides is 1. The minimum Gasteiger partial charge on any atom is -0.489 e. The molecule has 31 heavy (non-hydrogen) atoms. The number of hydrogen-bond acceptors (Lipinski definition) is 9. The zero-order valence-corrected chi connectivity index (χ0v) is 17.4. The molecule has 1 saturated heterocycles. The van der Waals surface area contributed by atoms with Crippen LogP contribution in [0.2, 0.25) is 0 Å². The van der Waals surface area contributed by atoms with Crippen molar-refractivity contribution in [1.82, 2.24) is 35.9 Å². The molecule has 0 saturated carbocycles. The van der Waals surface area contributed by atoms with Crippen molar-refractivity contribution in [2.24, 2.45) is 0 Å². The van der Waals surface area contributed by atoms with E-state index in [9.17, 15) is 4.79 Å². The Hall–Kier alpha value is -3.76. The van der Waals surface area contributed by atoms with Crippen LogP contribution in [0, 0.1) is 6.92 Å². The van der Waals surface area contributed by atoms with Crippen molar-refractivity contribution in [2.45, 2.75) is 32.4 Å². The van der Waals surface area contributed by atoms with Gasteiger partial charge in [-0.3, -0.25) is 4.79 Å². The van der Waals surface area contributed by atoms with E-state index in [4.69, 9.17) is 9.47 Å². The lowest BCUT2D eigenvalue weighted by Gasteiger charge is -2.33. The average molecular weight is 424 g/mol. The lowest BCUT2D eigenvalue weighted by Crippen LogP contribution is -2.39. The lowest BCUT2D eigenvalue weighted by molar-refractivity contribution is 0.0944. The number of ether oxygens (including phenoxy) is 2. The lowest BCUT2D eigenvalue weighted by atomic mass is 10.1. The van der Waals surface area contributed by atoms with E-state index >= 15 is 0 Å². The van der Waals surface area contributed by atoms with Gasteiger partial charge in [0.25, 0.3) is 5.91 Å². The first kappa shape index (κ1) is 20.5.